The van der Waals surface area contributed by atoms with Gasteiger partial charge in [0, 0.05) is 5.92 Å². The zero-order chi connectivity index (χ0) is 20.7. The van der Waals surface area contributed by atoms with Gasteiger partial charge in [-0.05, 0) is 39.5 Å². The normalized spacial score (nSPS) is 30.5. The van der Waals surface area contributed by atoms with Crippen LogP contribution in [0.25, 0.3) is 0 Å². The van der Waals surface area contributed by atoms with E-state index >= 15 is 0 Å². The fraction of sp³-hybridized carbons (Fsp3) is 0.684. The summed E-state index contributed by atoms with van der Waals surface area (Å²) >= 11 is 0. The van der Waals surface area contributed by atoms with Gasteiger partial charge in [0.2, 0.25) is 6.79 Å². The zero-order valence-electron chi connectivity index (χ0n) is 16.3. The molecule has 3 aliphatic rings. The predicted molar refractivity (Wildman–Crippen MR) is 93.3 cm³/mol. The first-order valence-corrected chi connectivity index (χ1v) is 9.21. The molecular formula is C19H25NO8. The maximum absolute atomic E-state index is 12.5. The molecule has 1 aliphatic heterocycles. The van der Waals surface area contributed by atoms with Gasteiger partial charge in [0.05, 0.1) is 11.3 Å². The van der Waals surface area contributed by atoms with Crippen molar-refractivity contribution in [2.24, 2.45) is 23.2 Å². The van der Waals surface area contributed by atoms with Gasteiger partial charge < -0.3 is 18.9 Å². The van der Waals surface area contributed by atoms with Gasteiger partial charge in [-0.2, -0.15) is 0 Å². The van der Waals surface area contributed by atoms with Crippen LogP contribution in [0.5, 0.6) is 0 Å². The molecule has 0 aromatic heterocycles. The summed E-state index contributed by atoms with van der Waals surface area (Å²) in [5.74, 6) is -2.55. The predicted octanol–water partition coefficient (Wildman–Crippen LogP) is 1.61. The summed E-state index contributed by atoms with van der Waals surface area (Å²) in [7, 11) is 0. The molecule has 4 atom stereocenters. The van der Waals surface area contributed by atoms with Crippen LogP contribution in [0, 0.1) is 23.2 Å². The number of esters is 3. The number of rotatable bonds is 5. The Bertz CT molecular complexity index is 711. The summed E-state index contributed by atoms with van der Waals surface area (Å²) in [5.41, 5.74) is -1.90. The molecule has 0 N–H and O–H groups in total. The molecule has 0 aromatic carbocycles. The molecule has 9 nitrogen and oxygen atoms in total. The van der Waals surface area contributed by atoms with Gasteiger partial charge >= 0.3 is 24.0 Å². The molecule has 9 heteroatoms. The summed E-state index contributed by atoms with van der Waals surface area (Å²) in [6, 6.07) is 0. The maximum Gasteiger partial charge on any atom is 0.413 e. The van der Waals surface area contributed by atoms with Crippen LogP contribution in [0.3, 0.4) is 0 Å². The Balaban J connectivity index is 1.63. The number of cyclic esters (lactones) is 1. The second-order valence-electron chi connectivity index (χ2n) is 8.30. The summed E-state index contributed by atoms with van der Waals surface area (Å²) < 4.78 is 20.2. The molecule has 1 saturated heterocycles. The van der Waals surface area contributed by atoms with E-state index in [1.165, 1.54) is 11.0 Å². The van der Waals surface area contributed by atoms with Crippen LogP contribution in [0.1, 0.15) is 33.6 Å². The lowest BCUT2D eigenvalue weighted by atomic mass is 9.89. The van der Waals surface area contributed by atoms with Gasteiger partial charge in [-0.25, -0.2) is 9.59 Å². The highest BCUT2D eigenvalue weighted by Crippen LogP contribution is 2.65. The molecule has 0 unspecified atom stereocenters. The molecule has 28 heavy (non-hydrogen) atoms. The molecule has 1 spiro atoms. The van der Waals surface area contributed by atoms with E-state index in [1.807, 2.05) is 0 Å². The average molecular weight is 395 g/mol. The molecule has 2 aliphatic carbocycles. The quantitative estimate of drug-likeness (QED) is 0.299. The number of nitrogens with zero attached hydrogens (tertiary/aromatic N) is 1. The molecule has 1 amide bonds. The molecule has 154 valence electrons. The molecule has 1 heterocycles. The fourth-order valence-corrected chi connectivity index (χ4v) is 4.16. The van der Waals surface area contributed by atoms with Crippen molar-refractivity contribution in [1.82, 2.24) is 4.90 Å². The van der Waals surface area contributed by atoms with Crippen molar-refractivity contribution in [3.63, 3.8) is 0 Å². The van der Waals surface area contributed by atoms with Crippen LogP contribution in [-0.4, -0.2) is 54.6 Å². The van der Waals surface area contributed by atoms with Gasteiger partial charge in [-0.15, -0.1) is 0 Å². The number of ether oxygens (including phenoxy) is 4. The van der Waals surface area contributed by atoms with Crippen molar-refractivity contribution >= 4 is 24.0 Å². The lowest BCUT2D eigenvalue weighted by Gasteiger charge is -2.31. The fourth-order valence-electron chi connectivity index (χ4n) is 4.16. The minimum absolute atomic E-state index is 0.0122. The number of amides is 1. The summed E-state index contributed by atoms with van der Waals surface area (Å²) in [6.45, 7) is 7.89. The first kappa shape index (κ1) is 20.2. The average Bonchev–Trinajstić information content (AvgIpc) is 3.11. The number of hydrogen-bond acceptors (Lipinski definition) is 8. The van der Waals surface area contributed by atoms with Crippen LogP contribution in [0.4, 0.5) is 4.79 Å². The molecule has 0 bridgehead atoms. The van der Waals surface area contributed by atoms with Gasteiger partial charge in [0.15, 0.2) is 12.3 Å². The smallest absolute Gasteiger partial charge is 0.413 e. The second kappa shape index (κ2) is 7.10. The Kier molecular flexibility index (Phi) is 5.12. The maximum atomic E-state index is 12.5. The van der Waals surface area contributed by atoms with E-state index in [9.17, 15) is 19.2 Å². The Hall–Kier alpha value is -2.58. The van der Waals surface area contributed by atoms with Crippen molar-refractivity contribution in [3.05, 3.63) is 12.7 Å². The van der Waals surface area contributed by atoms with Crippen molar-refractivity contribution in [1.29, 1.82) is 0 Å². The lowest BCUT2D eigenvalue weighted by molar-refractivity contribution is -0.174. The van der Waals surface area contributed by atoms with E-state index in [-0.39, 0.29) is 25.2 Å². The third-order valence-electron chi connectivity index (χ3n) is 5.56. The lowest BCUT2D eigenvalue weighted by Crippen LogP contribution is -2.52. The zero-order valence-corrected chi connectivity index (χ0v) is 16.3. The standard InChI is InChI=1S/C19H25NO8/c1-5-8-25-17(24)20-9-26-16(23)19(20)7-6-11-12(13(11)19)14(21)27-10-28-15(22)18(2,3)4/h5,11-13H,1,6-10H2,2-4H3/t11-,12-,13-,19-/m0/s1. The van der Waals surface area contributed by atoms with Crippen LogP contribution >= 0.6 is 0 Å². The summed E-state index contributed by atoms with van der Waals surface area (Å²) in [5, 5.41) is 0. The van der Waals surface area contributed by atoms with E-state index in [0.29, 0.717) is 12.8 Å². The van der Waals surface area contributed by atoms with Crippen molar-refractivity contribution in [3.8, 4) is 0 Å². The van der Waals surface area contributed by atoms with E-state index in [1.54, 1.807) is 20.8 Å². The van der Waals surface area contributed by atoms with Gasteiger partial charge in [-0.3, -0.25) is 14.5 Å². The highest BCUT2D eigenvalue weighted by Gasteiger charge is 2.76. The van der Waals surface area contributed by atoms with Crippen LogP contribution in [-0.2, 0) is 33.3 Å². The number of carbonyl (C=O) groups excluding carboxylic acids is 4. The third-order valence-corrected chi connectivity index (χ3v) is 5.56. The Morgan fingerprint density at radius 1 is 1.29 bits per heavy atom. The molecule has 3 rings (SSSR count). The van der Waals surface area contributed by atoms with Crippen LogP contribution in [0.15, 0.2) is 12.7 Å². The van der Waals surface area contributed by atoms with Crippen LogP contribution in [0.2, 0.25) is 0 Å². The van der Waals surface area contributed by atoms with Crippen molar-refractivity contribution in [2.75, 3.05) is 20.1 Å². The Labute approximate surface area is 162 Å². The second-order valence-corrected chi connectivity index (χ2v) is 8.30. The minimum Gasteiger partial charge on any atom is -0.445 e. The van der Waals surface area contributed by atoms with E-state index < -0.39 is 47.7 Å². The monoisotopic (exact) mass is 395 g/mol. The molecule has 2 saturated carbocycles. The van der Waals surface area contributed by atoms with Gasteiger partial charge in [-0.1, -0.05) is 12.7 Å². The first-order valence-electron chi connectivity index (χ1n) is 9.21. The molecule has 0 radical (unpaired) electrons. The highest BCUT2D eigenvalue weighted by atomic mass is 16.7. The van der Waals surface area contributed by atoms with Crippen molar-refractivity contribution in [2.45, 2.75) is 39.2 Å². The van der Waals surface area contributed by atoms with E-state index in [0.717, 1.165) is 0 Å². The van der Waals surface area contributed by atoms with Gasteiger partial charge in [0.25, 0.3) is 0 Å². The van der Waals surface area contributed by atoms with Gasteiger partial charge in [0.1, 0.15) is 6.61 Å². The molecular weight excluding hydrogens is 370 g/mol. The summed E-state index contributed by atoms with van der Waals surface area (Å²) in [6.07, 6.45) is 1.75. The number of hydrogen-bond donors (Lipinski definition) is 0. The van der Waals surface area contributed by atoms with Crippen molar-refractivity contribution < 1.29 is 38.1 Å². The third kappa shape index (κ3) is 3.22. The molecule has 0 aromatic rings. The van der Waals surface area contributed by atoms with E-state index in [2.05, 4.69) is 6.58 Å². The number of carbonyl (C=O) groups is 4. The Morgan fingerprint density at radius 3 is 2.64 bits per heavy atom. The SMILES string of the molecule is C=CCOC(=O)N1COC(=O)[C@@]12CC[C@H]1[C@H](C(=O)OCOC(=O)C(C)(C)C)[C@H]12. The van der Waals surface area contributed by atoms with Crippen LogP contribution < -0.4 is 0 Å². The Morgan fingerprint density at radius 2 is 2.00 bits per heavy atom. The highest BCUT2D eigenvalue weighted by molar-refractivity contribution is 5.92. The first-order chi connectivity index (χ1) is 13.1. The summed E-state index contributed by atoms with van der Waals surface area (Å²) in [4.78, 5) is 50.3. The largest absolute Gasteiger partial charge is 0.445 e. The minimum atomic E-state index is -1.20. The van der Waals surface area contributed by atoms with E-state index in [4.69, 9.17) is 18.9 Å². The molecule has 3 fully saturated rings. The topological polar surface area (TPSA) is 108 Å². The number of fused-ring (bicyclic) bond motifs is 2.